The number of hydrogen-bond acceptors (Lipinski definition) is 5. The SMILES string of the molecule is O=C1CCC(N2Cc3c(cccc3N(CCC3CC3)[C@@H]3CC[C@H](NCC4CC4)C3)C2=O)C(=O)N1. The highest BCUT2D eigenvalue weighted by Gasteiger charge is 2.41. The zero-order chi connectivity index (χ0) is 23.2. The van der Waals surface area contributed by atoms with E-state index in [1.54, 1.807) is 4.90 Å². The predicted octanol–water partition coefficient (Wildman–Crippen LogP) is 2.97. The first-order valence-electron chi connectivity index (χ1n) is 13.3. The summed E-state index contributed by atoms with van der Waals surface area (Å²) in [4.78, 5) is 41.7. The van der Waals surface area contributed by atoms with E-state index in [-0.39, 0.29) is 24.1 Å². The maximum atomic E-state index is 13.3. The van der Waals surface area contributed by atoms with Crippen LogP contribution in [0.4, 0.5) is 5.69 Å². The molecular formula is C27H36N4O3. The van der Waals surface area contributed by atoms with Crippen molar-refractivity contribution in [3.05, 3.63) is 29.3 Å². The molecule has 34 heavy (non-hydrogen) atoms. The summed E-state index contributed by atoms with van der Waals surface area (Å²) in [6.07, 6.45) is 10.9. The Morgan fingerprint density at radius 2 is 1.82 bits per heavy atom. The lowest BCUT2D eigenvalue weighted by molar-refractivity contribution is -0.136. The van der Waals surface area contributed by atoms with Gasteiger partial charge in [0.05, 0.1) is 0 Å². The van der Waals surface area contributed by atoms with Gasteiger partial charge < -0.3 is 15.1 Å². The molecule has 0 aromatic heterocycles. The lowest BCUT2D eigenvalue weighted by Gasteiger charge is -2.34. The number of fused-ring (bicyclic) bond motifs is 1. The molecule has 2 aliphatic heterocycles. The highest BCUT2D eigenvalue weighted by atomic mass is 16.2. The molecule has 1 aromatic rings. The Bertz CT molecular complexity index is 986. The first kappa shape index (κ1) is 22.1. The van der Waals surface area contributed by atoms with E-state index in [1.165, 1.54) is 50.6 Å². The fourth-order valence-electron chi connectivity index (χ4n) is 6.15. The molecule has 7 heteroatoms. The Labute approximate surface area is 201 Å². The number of rotatable bonds is 9. The van der Waals surface area contributed by atoms with E-state index < -0.39 is 6.04 Å². The molecule has 3 amide bonds. The molecule has 3 atom stereocenters. The van der Waals surface area contributed by atoms with Gasteiger partial charge in [-0.1, -0.05) is 18.9 Å². The number of nitrogens with one attached hydrogen (secondary N) is 2. The topological polar surface area (TPSA) is 81.8 Å². The Balaban J connectivity index is 1.22. The van der Waals surface area contributed by atoms with Crippen LogP contribution in [0.5, 0.6) is 0 Å². The van der Waals surface area contributed by atoms with Gasteiger partial charge >= 0.3 is 0 Å². The van der Waals surface area contributed by atoms with Crippen LogP contribution in [-0.2, 0) is 16.1 Å². The molecule has 0 spiro atoms. The van der Waals surface area contributed by atoms with E-state index >= 15 is 0 Å². The second-order valence-electron chi connectivity index (χ2n) is 11.1. The summed E-state index contributed by atoms with van der Waals surface area (Å²) < 4.78 is 0. The number of carbonyl (C=O) groups is 3. The van der Waals surface area contributed by atoms with Gasteiger partial charge in [0.2, 0.25) is 11.8 Å². The third-order valence-electron chi connectivity index (χ3n) is 8.58. The monoisotopic (exact) mass is 464 g/mol. The van der Waals surface area contributed by atoms with Crippen LogP contribution in [0.15, 0.2) is 18.2 Å². The molecule has 0 radical (unpaired) electrons. The molecule has 0 bridgehead atoms. The summed E-state index contributed by atoms with van der Waals surface area (Å²) in [6, 6.07) is 6.60. The standard InChI is InChI=1S/C27H36N4O3/c32-25-11-10-24(26(33)29-25)31-16-22-21(27(31)34)2-1-3-23(22)30(13-12-17-4-5-17)20-9-8-19(14-20)28-15-18-6-7-18/h1-3,17-20,24,28H,4-16H2,(H,29,32,33)/t19-,20+,24?/m0/s1. The van der Waals surface area contributed by atoms with Gasteiger partial charge in [0.15, 0.2) is 0 Å². The van der Waals surface area contributed by atoms with Gasteiger partial charge in [0, 0.05) is 48.4 Å². The smallest absolute Gasteiger partial charge is 0.255 e. The molecule has 1 saturated heterocycles. The van der Waals surface area contributed by atoms with E-state index in [0.29, 0.717) is 25.0 Å². The Kier molecular flexibility index (Phi) is 5.84. The number of benzene rings is 1. The second-order valence-corrected chi connectivity index (χ2v) is 11.1. The van der Waals surface area contributed by atoms with Crippen molar-refractivity contribution >= 4 is 23.4 Å². The molecule has 182 valence electrons. The summed E-state index contributed by atoms with van der Waals surface area (Å²) >= 11 is 0. The molecule has 3 aliphatic carbocycles. The van der Waals surface area contributed by atoms with Gasteiger partial charge in [0.25, 0.3) is 5.91 Å². The van der Waals surface area contributed by atoms with E-state index in [9.17, 15) is 14.4 Å². The minimum absolute atomic E-state index is 0.0797. The van der Waals surface area contributed by atoms with Crippen LogP contribution >= 0.6 is 0 Å². The van der Waals surface area contributed by atoms with E-state index in [4.69, 9.17) is 0 Å². The van der Waals surface area contributed by atoms with Gasteiger partial charge in [-0.3, -0.25) is 19.7 Å². The van der Waals surface area contributed by atoms with Crippen LogP contribution in [0.1, 0.15) is 80.1 Å². The van der Waals surface area contributed by atoms with Crippen molar-refractivity contribution < 1.29 is 14.4 Å². The molecule has 7 nitrogen and oxygen atoms in total. The maximum Gasteiger partial charge on any atom is 0.255 e. The summed E-state index contributed by atoms with van der Waals surface area (Å²) in [5, 5.41) is 6.23. The van der Waals surface area contributed by atoms with E-state index in [1.807, 2.05) is 12.1 Å². The van der Waals surface area contributed by atoms with Crippen molar-refractivity contribution in [2.45, 2.75) is 88.9 Å². The predicted molar refractivity (Wildman–Crippen MR) is 129 cm³/mol. The van der Waals surface area contributed by atoms with E-state index in [0.717, 1.165) is 42.5 Å². The molecule has 5 aliphatic rings. The first-order valence-corrected chi connectivity index (χ1v) is 13.3. The molecule has 2 N–H and O–H groups in total. The van der Waals surface area contributed by atoms with E-state index in [2.05, 4.69) is 21.6 Å². The molecule has 1 unspecified atom stereocenters. The molecule has 3 saturated carbocycles. The van der Waals surface area contributed by atoms with Gasteiger partial charge in [0.1, 0.15) is 6.04 Å². The molecule has 1 aromatic carbocycles. The Morgan fingerprint density at radius 3 is 2.59 bits per heavy atom. The highest BCUT2D eigenvalue weighted by molar-refractivity contribution is 6.06. The molecule has 6 rings (SSSR count). The fourth-order valence-corrected chi connectivity index (χ4v) is 6.15. The molecule has 4 fully saturated rings. The Hall–Kier alpha value is -2.41. The van der Waals surface area contributed by atoms with Crippen molar-refractivity contribution in [3.8, 4) is 0 Å². The van der Waals surface area contributed by atoms with Crippen LogP contribution in [0.25, 0.3) is 0 Å². The van der Waals surface area contributed by atoms with Crippen molar-refractivity contribution in [1.29, 1.82) is 0 Å². The normalized spacial score (nSPS) is 28.9. The van der Waals surface area contributed by atoms with Crippen LogP contribution in [0.3, 0.4) is 0 Å². The number of anilines is 1. The number of hydrogen-bond donors (Lipinski definition) is 2. The van der Waals surface area contributed by atoms with Crippen LogP contribution in [0, 0.1) is 11.8 Å². The van der Waals surface area contributed by atoms with Gasteiger partial charge in [-0.25, -0.2) is 0 Å². The number of carbonyl (C=O) groups excluding carboxylic acids is 3. The number of imide groups is 1. The largest absolute Gasteiger partial charge is 0.368 e. The lowest BCUT2D eigenvalue weighted by Crippen LogP contribution is -2.52. The minimum Gasteiger partial charge on any atom is -0.368 e. The zero-order valence-corrected chi connectivity index (χ0v) is 19.9. The fraction of sp³-hybridized carbons (Fsp3) is 0.667. The summed E-state index contributed by atoms with van der Waals surface area (Å²) in [5.41, 5.74) is 2.96. The first-order chi connectivity index (χ1) is 16.6. The van der Waals surface area contributed by atoms with Gasteiger partial charge in [-0.15, -0.1) is 0 Å². The van der Waals surface area contributed by atoms with Crippen molar-refractivity contribution in [3.63, 3.8) is 0 Å². The Morgan fingerprint density at radius 1 is 1.00 bits per heavy atom. The average molecular weight is 465 g/mol. The van der Waals surface area contributed by atoms with Crippen molar-refractivity contribution in [2.24, 2.45) is 11.8 Å². The number of amides is 3. The van der Waals surface area contributed by atoms with Gasteiger partial charge in [-0.2, -0.15) is 0 Å². The minimum atomic E-state index is -0.562. The molecular weight excluding hydrogens is 428 g/mol. The highest BCUT2D eigenvalue weighted by Crippen LogP contribution is 2.39. The third-order valence-corrected chi connectivity index (χ3v) is 8.58. The quantitative estimate of drug-likeness (QED) is 0.549. The van der Waals surface area contributed by atoms with Crippen LogP contribution < -0.4 is 15.5 Å². The maximum absolute atomic E-state index is 13.3. The van der Waals surface area contributed by atoms with Crippen molar-refractivity contribution in [1.82, 2.24) is 15.5 Å². The summed E-state index contributed by atoms with van der Waals surface area (Å²) in [6.45, 7) is 2.65. The van der Waals surface area contributed by atoms with Gasteiger partial charge in [-0.05, 0) is 75.5 Å². The van der Waals surface area contributed by atoms with Crippen molar-refractivity contribution in [2.75, 3.05) is 18.0 Å². The van der Waals surface area contributed by atoms with Crippen LogP contribution in [0.2, 0.25) is 0 Å². The summed E-state index contributed by atoms with van der Waals surface area (Å²) in [5.74, 6) is 1.08. The summed E-state index contributed by atoms with van der Waals surface area (Å²) in [7, 11) is 0. The number of piperidine rings is 1. The average Bonchev–Trinajstić information content (AvgIpc) is 3.75. The second kappa shape index (κ2) is 8.99. The molecule has 2 heterocycles. The lowest BCUT2D eigenvalue weighted by atomic mass is 10.0. The zero-order valence-electron chi connectivity index (χ0n) is 19.9. The third kappa shape index (κ3) is 4.47. The number of nitrogens with zero attached hydrogens (tertiary/aromatic N) is 2. The van der Waals surface area contributed by atoms with Crippen LogP contribution in [-0.4, -0.2) is 53.8 Å².